The van der Waals surface area contributed by atoms with Crippen LogP contribution in [0.25, 0.3) is 53.6 Å². The Morgan fingerprint density at radius 2 is 0.807 bits per heavy atom. The molecule has 0 spiro atoms. The maximum atomic E-state index is 2.53. The number of anilines is 3. The Hall–Kier alpha value is -5.44. The molecular formula is C55H49NS. The molecule has 11 rings (SSSR count). The first kappa shape index (κ1) is 34.8. The molecule has 0 saturated carbocycles. The number of rotatable bonds is 3. The van der Waals surface area contributed by atoms with E-state index in [0.717, 1.165) is 0 Å². The second-order valence-electron chi connectivity index (χ2n) is 19.4. The third-order valence-corrected chi connectivity index (χ3v) is 15.2. The molecule has 1 nitrogen and oxygen atoms in total. The van der Waals surface area contributed by atoms with Gasteiger partial charge in [-0.1, -0.05) is 135 Å². The Bertz CT molecular complexity index is 2930. The van der Waals surface area contributed by atoms with Gasteiger partial charge in [0.2, 0.25) is 0 Å². The van der Waals surface area contributed by atoms with Gasteiger partial charge < -0.3 is 4.90 Å². The highest BCUT2D eigenvalue weighted by Crippen LogP contribution is 2.56. The molecule has 0 atom stereocenters. The van der Waals surface area contributed by atoms with Crippen LogP contribution in [0.5, 0.6) is 0 Å². The van der Waals surface area contributed by atoms with Crippen molar-refractivity contribution < 1.29 is 0 Å². The summed E-state index contributed by atoms with van der Waals surface area (Å²) in [5.41, 5.74) is 21.2. The topological polar surface area (TPSA) is 3.24 Å². The summed E-state index contributed by atoms with van der Waals surface area (Å²) in [6.07, 6.45) is 0. The van der Waals surface area contributed by atoms with Crippen LogP contribution in [0.15, 0.2) is 133 Å². The van der Waals surface area contributed by atoms with Crippen LogP contribution in [0.1, 0.15) is 101 Å². The van der Waals surface area contributed by atoms with Crippen molar-refractivity contribution in [2.75, 3.05) is 4.90 Å². The molecule has 0 fully saturated rings. The summed E-state index contributed by atoms with van der Waals surface area (Å²) in [4.78, 5) is 2.53. The SMILES string of the molecule is CC(C)(C)c1ccc2sc3cc4c(cc3c2c1)-c1ccc(N(c2ccc3c(c2)C(C)(C)c2ccccc2-3)c2ccc3c(c2)C(C)(C)c2ccccc2-3)cc1C4(C)C. The lowest BCUT2D eigenvalue weighted by Gasteiger charge is -2.31. The zero-order valence-electron chi connectivity index (χ0n) is 34.6. The molecule has 1 aromatic heterocycles. The molecule has 0 N–H and O–H groups in total. The Morgan fingerprint density at radius 3 is 1.32 bits per heavy atom. The average Bonchev–Trinajstić information content (AvgIpc) is 3.82. The number of thiophene rings is 1. The largest absolute Gasteiger partial charge is 0.310 e. The minimum Gasteiger partial charge on any atom is -0.310 e. The van der Waals surface area contributed by atoms with Gasteiger partial charge in [0, 0.05) is 53.5 Å². The quantitative estimate of drug-likeness (QED) is 0.174. The lowest BCUT2D eigenvalue weighted by Crippen LogP contribution is -2.19. The number of benzene rings is 7. The van der Waals surface area contributed by atoms with Gasteiger partial charge >= 0.3 is 0 Å². The van der Waals surface area contributed by atoms with Gasteiger partial charge in [-0.3, -0.25) is 0 Å². The second kappa shape index (κ2) is 11.4. The van der Waals surface area contributed by atoms with E-state index in [4.69, 9.17) is 0 Å². The first-order chi connectivity index (χ1) is 27.1. The predicted molar refractivity (Wildman–Crippen MR) is 245 cm³/mol. The van der Waals surface area contributed by atoms with E-state index in [1.165, 1.54) is 110 Å². The van der Waals surface area contributed by atoms with Crippen LogP contribution >= 0.6 is 11.3 Å². The van der Waals surface area contributed by atoms with Gasteiger partial charge in [0.05, 0.1) is 0 Å². The highest BCUT2D eigenvalue weighted by Gasteiger charge is 2.40. The molecule has 3 aliphatic rings. The number of hydrogen-bond donors (Lipinski definition) is 0. The van der Waals surface area contributed by atoms with E-state index in [1.807, 2.05) is 11.3 Å². The van der Waals surface area contributed by atoms with Gasteiger partial charge in [-0.15, -0.1) is 11.3 Å². The van der Waals surface area contributed by atoms with Crippen molar-refractivity contribution in [3.8, 4) is 33.4 Å². The van der Waals surface area contributed by atoms with Crippen molar-refractivity contribution in [2.45, 2.75) is 84.0 Å². The van der Waals surface area contributed by atoms with Crippen LogP contribution in [-0.2, 0) is 21.7 Å². The second-order valence-corrected chi connectivity index (χ2v) is 20.5. The summed E-state index contributed by atoms with van der Waals surface area (Å²) in [5, 5.41) is 2.75. The van der Waals surface area contributed by atoms with Gasteiger partial charge in [0.25, 0.3) is 0 Å². The normalized spacial score (nSPS) is 16.2. The van der Waals surface area contributed by atoms with E-state index in [1.54, 1.807) is 0 Å². The van der Waals surface area contributed by atoms with E-state index < -0.39 is 0 Å². The molecular weight excluding hydrogens is 707 g/mol. The van der Waals surface area contributed by atoms with Gasteiger partial charge in [-0.2, -0.15) is 0 Å². The van der Waals surface area contributed by atoms with Crippen molar-refractivity contribution in [3.63, 3.8) is 0 Å². The molecule has 0 saturated heterocycles. The molecule has 7 aromatic carbocycles. The van der Waals surface area contributed by atoms with E-state index in [9.17, 15) is 0 Å². The lowest BCUT2D eigenvalue weighted by molar-refractivity contribution is 0.591. The molecule has 0 aliphatic heterocycles. The standard InChI is InChI=1S/C55H49NS/c1-52(2,3)32-18-25-50-42(26-32)43-30-41-40-24-21-35(29-48(40)55(8,9)49(41)31-51(43)57-50)56(33-19-22-38-36-14-10-12-16-44(36)53(4,5)46(38)27-33)34-20-23-39-37-15-11-13-17-45(37)54(6,7)47(39)28-34/h10-31H,1-9H3. The Kier molecular flexibility index (Phi) is 6.93. The molecule has 57 heavy (non-hydrogen) atoms. The van der Waals surface area contributed by atoms with E-state index in [2.05, 4.69) is 201 Å². The van der Waals surface area contributed by atoms with Gasteiger partial charge in [-0.25, -0.2) is 0 Å². The molecule has 8 aromatic rings. The fraction of sp³-hybridized carbons (Fsp3) is 0.236. The minimum absolute atomic E-state index is 0.0958. The molecule has 0 radical (unpaired) electrons. The Labute approximate surface area is 341 Å². The van der Waals surface area contributed by atoms with Crippen molar-refractivity contribution in [2.24, 2.45) is 0 Å². The van der Waals surface area contributed by atoms with Crippen LogP contribution in [0, 0.1) is 0 Å². The minimum atomic E-state index is -0.156. The Balaban J connectivity index is 1.10. The molecule has 3 aliphatic carbocycles. The summed E-state index contributed by atoms with van der Waals surface area (Å²) in [7, 11) is 0. The average molecular weight is 756 g/mol. The zero-order chi connectivity index (χ0) is 39.4. The smallest absolute Gasteiger partial charge is 0.0465 e. The van der Waals surface area contributed by atoms with Crippen molar-refractivity contribution in [3.05, 3.63) is 172 Å². The lowest BCUT2D eigenvalue weighted by atomic mass is 9.81. The van der Waals surface area contributed by atoms with Crippen LogP contribution in [0.4, 0.5) is 17.1 Å². The Morgan fingerprint density at radius 1 is 0.386 bits per heavy atom. The van der Waals surface area contributed by atoms with Crippen LogP contribution < -0.4 is 4.90 Å². The third-order valence-electron chi connectivity index (χ3n) is 14.0. The maximum absolute atomic E-state index is 2.53. The zero-order valence-corrected chi connectivity index (χ0v) is 35.4. The molecule has 0 amide bonds. The monoisotopic (exact) mass is 755 g/mol. The molecule has 280 valence electrons. The summed E-state index contributed by atoms with van der Waals surface area (Å²) < 4.78 is 2.74. The van der Waals surface area contributed by atoms with Crippen molar-refractivity contribution in [1.29, 1.82) is 0 Å². The fourth-order valence-electron chi connectivity index (χ4n) is 10.7. The molecule has 1 heterocycles. The first-order valence-corrected chi connectivity index (χ1v) is 21.4. The summed E-state index contributed by atoms with van der Waals surface area (Å²) in [6.45, 7) is 21.3. The molecule has 0 unspecified atom stereocenters. The van der Waals surface area contributed by atoms with E-state index in [-0.39, 0.29) is 21.7 Å². The van der Waals surface area contributed by atoms with Gasteiger partial charge in [-0.05, 0) is 138 Å². The molecule has 2 heteroatoms. The summed E-state index contributed by atoms with van der Waals surface area (Å²) in [6, 6.07) is 51.7. The fourth-order valence-corrected chi connectivity index (χ4v) is 11.8. The number of hydrogen-bond acceptors (Lipinski definition) is 2. The predicted octanol–water partition coefficient (Wildman–Crippen LogP) is 15.7. The third kappa shape index (κ3) is 4.74. The van der Waals surface area contributed by atoms with Gasteiger partial charge in [0.15, 0.2) is 0 Å². The van der Waals surface area contributed by atoms with Crippen LogP contribution in [0.3, 0.4) is 0 Å². The van der Waals surface area contributed by atoms with Crippen molar-refractivity contribution >= 4 is 48.6 Å². The molecule has 0 bridgehead atoms. The van der Waals surface area contributed by atoms with E-state index in [0.29, 0.717) is 0 Å². The maximum Gasteiger partial charge on any atom is 0.0465 e. The summed E-state index contributed by atoms with van der Waals surface area (Å²) in [5.74, 6) is 0. The number of fused-ring (bicyclic) bond motifs is 12. The van der Waals surface area contributed by atoms with Crippen LogP contribution in [-0.4, -0.2) is 0 Å². The van der Waals surface area contributed by atoms with E-state index >= 15 is 0 Å². The van der Waals surface area contributed by atoms with Gasteiger partial charge in [0.1, 0.15) is 0 Å². The number of nitrogens with zero attached hydrogens (tertiary/aromatic N) is 1. The highest BCUT2D eigenvalue weighted by molar-refractivity contribution is 7.25. The van der Waals surface area contributed by atoms with Crippen molar-refractivity contribution in [1.82, 2.24) is 0 Å². The summed E-state index contributed by atoms with van der Waals surface area (Å²) >= 11 is 1.93. The highest BCUT2D eigenvalue weighted by atomic mass is 32.1. The van der Waals surface area contributed by atoms with Crippen LogP contribution in [0.2, 0.25) is 0 Å². The first-order valence-electron chi connectivity index (χ1n) is 20.6.